The van der Waals surface area contributed by atoms with Gasteiger partial charge in [-0.05, 0) is 53.5 Å². The molecule has 2 saturated carbocycles. The van der Waals surface area contributed by atoms with Gasteiger partial charge in [-0.3, -0.25) is 4.79 Å². The number of ketones is 1. The summed E-state index contributed by atoms with van der Waals surface area (Å²) in [6.07, 6.45) is 5.73. The van der Waals surface area contributed by atoms with Gasteiger partial charge in [-0.1, -0.05) is 6.42 Å². The van der Waals surface area contributed by atoms with Gasteiger partial charge in [0.05, 0.1) is 0 Å². The molecule has 15 heavy (non-hydrogen) atoms. The number of Topliss-reactive ketones (excluding diaryl/α,β-unsaturated/α-hetero) is 1. The minimum absolute atomic E-state index is 0.470. The molecule has 1 aromatic rings. The van der Waals surface area contributed by atoms with Crippen LogP contribution < -0.4 is 0 Å². The summed E-state index contributed by atoms with van der Waals surface area (Å²) in [5.74, 6) is 2.59. The van der Waals surface area contributed by atoms with Crippen LogP contribution in [-0.2, 0) is 11.2 Å². The van der Waals surface area contributed by atoms with Crippen molar-refractivity contribution in [3.05, 3.63) is 22.4 Å². The second kappa shape index (κ2) is 3.75. The maximum atomic E-state index is 11.9. The van der Waals surface area contributed by atoms with Crippen LogP contribution in [-0.4, -0.2) is 5.78 Å². The maximum absolute atomic E-state index is 11.9. The highest BCUT2D eigenvalue weighted by Crippen LogP contribution is 2.58. The van der Waals surface area contributed by atoms with Gasteiger partial charge >= 0.3 is 0 Å². The van der Waals surface area contributed by atoms with Gasteiger partial charge < -0.3 is 0 Å². The van der Waals surface area contributed by atoms with Crippen LogP contribution in [0.2, 0.25) is 0 Å². The molecule has 0 amide bonds. The summed E-state index contributed by atoms with van der Waals surface area (Å²) in [4.78, 5) is 11.9. The Bertz CT molecular complexity index is 345. The summed E-state index contributed by atoms with van der Waals surface area (Å²) in [6.45, 7) is 0. The number of carbonyl (C=O) groups excluding carboxylic acids is 1. The average molecular weight is 220 g/mol. The summed E-state index contributed by atoms with van der Waals surface area (Å²) in [5.41, 5.74) is 1.33. The van der Waals surface area contributed by atoms with E-state index >= 15 is 0 Å². The topological polar surface area (TPSA) is 17.1 Å². The van der Waals surface area contributed by atoms with Crippen LogP contribution in [0.4, 0.5) is 0 Å². The van der Waals surface area contributed by atoms with Crippen molar-refractivity contribution in [1.82, 2.24) is 0 Å². The minimum atomic E-state index is 0.470. The quantitative estimate of drug-likeness (QED) is 0.761. The van der Waals surface area contributed by atoms with Gasteiger partial charge in [0.1, 0.15) is 5.78 Å². The predicted octanol–water partition coefficient (Wildman–Crippen LogP) is 3.30. The molecular weight excluding hydrogens is 204 g/mol. The van der Waals surface area contributed by atoms with Crippen molar-refractivity contribution in [3.8, 4) is 0 Å². The second-order valence-electron chi connectivity index (χ2n) is 4.88. The fourth-order valence-corrected chi connectivity index (χ4v) is 3.87. The van der Waals surface area contributed by atoms with Gasteiger partial charge in [0.25, 0.3) is 0 Å². The molecule has 0 aliphatic heterocycles. The largest absolute Gasteiger partial charge is 0.299 e. The Labute approximate surface area is 94.5 Å². The first-order valence-corrected chi connectivity index (χ1v) is 6.84. The number of thiophene rings is 1. The lowest BCUT2D eigenvalue weighted by molar-refractivity contribution is -0.120. The van der Waals surface area contributed by atoms with Gasteiger partial charge in [-0.25, -0.2) is 0 Å². The summed E-state index contributed by atoms with van der Waals surface area (Å²) in [5, 5.41) is 4.24. The van der Waals surface area contributed by atoms with E-state index in [1.807, 2.05) is 0 Å². The fourth-order valence-electron chi connectivity index (χ4n) is 3.17. The number of rotatable bonds is 4. The number of hydrogen-bond acceptors (Lipinski definition) is 2. The van der Waals surface area contributed by atoms with E-state index in [1.54, 1.807) is 11.3 Å². The molecule has 3 rings (SSSR count). The van der Waals surface area contributed by atoms with Crippen molar-refractivity contribution in [1.29, 1.82) is 0 Å². The van der Waals surface area contributed by atoms with Crippen LogP contribution in [0.1, 0.15) is 31.2 Å². The molecule has 0 spiro atoms. The van der Waals surface area contributed by atoms with Crippen molar-refractivity contribution in [2.75, 3.05) is 0 Å². The van der Waals surface area contributed by atoms with Gasteiger partial charge in [-0.15, -0.1) is 0 Å². The number of fused-ring (bicyclic) bond motifs is 1. The third kappa shape index (κ3) is 1.76. The summed E-state index contributed by atoms with van der Waals surface area (Å²) in [6, 6.07) is 2.13. The van der Waals surface area contributed by atoms with Crippen LogP contribution in [0.25, 0.3) is 0 Å². The van der Waals surface area contributed by atoms with E-state index in [0.717, 1.165) is 24.7 Å². The minimum Gasteiger partial charge on any atom is -0.299 e. The normalized spacial score (nSPS) is 32.7. The molecule has 2 atom stereocenters. The Morgan fingerprint density at radius 1 is 1.40 bits per heavy atom. The van der Waals surface area contributed by atoms with Crippen molar-refractivity contribution in [2.45, 2.75) is 32.1 Å². The number of carbonyl (C=O) groups is 1. The summed E-state index contributed by atoms with van der Waals surface area (Å²) in [7, 11) is 0. The zero-order valence-electron chi connectivity index (χ0n) is 8.82. The first-order valence-electron chi connectivity index (χ1n) is 5.90. The van der Waals surface area contributed by atoms with Crippen LogP contribution >= 0.6 is 11.3 Å². The van der Waals surface area contributed by atoms with Crippen molar-refractivity contribution in [3.63, 3.8) is 0 Å². The molecule has 80 valence electrons. The van der Waals surface area contributed by atoms with E-state index in [4.69, 9.17) is 0 Å². The molecule has 0 aromatic carbocycles. The number of hydrogen-bond donors (Lipinski definition) is 0. The molecule has 1 nitrogen and oxygen atoms in total. The van der Waals surface area contributed by atoms with Crippen molar-refractivity contribution >= 4 is 17.1 Å². The van der Waals surface area contributed by atoms with Gasteiger partial charge in [0.2, 0.25) is 0 Å². The molecule has 0 N–H and O–H groups in total. The second-order valence-corrected chi connectivity index (χ2v) is 5.66. The summed E-state index contributed by atoms with van der Waals surface area (Å²) < 4.78 is 0. The lowest BCUT2D eigenvalue weighted by Gasteiger charge is -2.01. The molecule has 2 fully saturated rings. The van der Waals surface area contributed by atoms with E-state index in [-0.39, 0.29) is 0 Å². The van der Waals surface area contributed by atoms with Gasteiger partial charge in [0.15, 0.2) is 0 Å². The van der Waals surface area contributed by atoms with Crippen molar-refractivity contribution < 1.29 is 4.79 Å². The Kier molecular flexibility index (Phi) is 2.39. The predicted molar refractivity (Wildman–Crippen MR) is 62.0 cm³/mol. The zero-order valence-corrected chi connectivity index (χ0v) is 9.63. The van der Waals surface area contributed by atoms with E-state index in [2.05, 4.69) is 16.8 Å². The molecule has 0 radical (unpaired) electrons. The third-order valence-corrected chi connectivity index (χ3v) is 4.75. The van der Waals surface area contributed by atoms with Crippen LogP contribution in [0.15, 0.2) is 16.8 Å². The third-order valence-electron chi connectivity index (χ3n) is 4.02. The Hall–Kier alpha value is -0.630. The Morgan fingerprint density at radius 2 is 2.20 bits per heavy atom. The van der Waals surface area contributed by atoms with Crippen LogP contribution in [0.3, 0.4) is 0 Å². The molecule has 2 aliphatic rings. The molecule has 0 saturated heterocycles. The highest BCUT2D eigenvalue weighted by molar-refractivity contribution is 7.07. The molecule has 1 aromatic heterocycles. The van der Waals surface area contributed by atoms with Crippen LogP contribution in [0, 0.1) is 17.8 Å². The SMILES string of the molecule is O=C(CCc1ccsc1)C1C2CCCC21. The molecule has 0 bridgehead atoms. The van der Waals surface area contributed by atoms with E-state index in [9.17, 15) is 4.79 Å². The fraction of sp³-hybridized carbons (Fsp3) is 0.615. The molecule has 2 heteroatoms. The number of aryl methyl sites for hydroxylation is 1. The summed E-state index contributed by atoms with van der Waals surface area (Å²) >= 11 is 1.72. The molecular formula is C13H16OS. The Morgan fingerprint density at radius 3 is 2.87 bits per heavy atom. The Balaban J connectivity index is 1.50. The highest BCUT2D eigenvalue weighted by Gasteiger charge is 2.55. The molecule has 1 heterocycles. The smallest absolute Gasteiger partial charge is 0.136 e. The van der Waals surface area contributed by atoms with Gasteiger partial charge in [0, 0.05) is 12.3 Å². The van der Waals surface area contributed by atoms with Crippen molar-refractivity contribution in [2.24, 2.45) is 17.8 Å². The van der Waals surface area contributed by atoms with Gasteiger partial charge in [-0.2, -0.15) is 11.3 Å². The lowest BCUT2D eigenvalue weighted by atomic mass is 10.0. The standard InChI is InChI=1S/C13H16OS/c14-12(5-4-9-6-7-15-8-9)13-10-2-1-3-11(10)13/h6-8,10-11,13H,1-5H2. The monoisotopic (exact) mass is 220 g/mol. The highest BCUT2D eigenvalue weighted by atomic mass is 32.1. The van der Waals surface area contributed by atoms with Crippen LogP contribution in [0.5, 0.6) is 0 Å². The van der Waals surface area contributed by atoms with E-state index < -0.39 is 0 Å². The first-order chi connectivity index (χ1) is 7.36. The molecule has 2 aliphatic carbocycles. The lowest BCUT2D eigenvalue weighted by Crippen LogP contribution is -2.06. The molecule has 2 unspecified atom stereocenters. The van der Waals surface area contributed by atoms with E-state index in [1.165, 1.54) is 24.8 Å². The van der Waals surface area contributed by atoms with E-state index in [0.29, 0.717) is 11.7 Å². The average Bonchev–Trinajstić information content (AvgIpc) is 2.72. The zero-order chi connectivity index (χ0) is 10.3. The maximum Gasteiger partial charge on any atom is 0.136 e. The first kappa shape index (κ1) is 9.59.